The average molecular weight is 399 g/mol. The number of halogens is 3. The lowest BCUT2D eigenvalue weighted by molar-refractivity contribution is 0.318. The number of nitrogens with one attached hydrogen (secondary N) is 1. The summed E-state index contributed by atoms with van der Waals surface area (Å²) in [6.45, 7) is 0. The van der Waals surface area contributed by atoms with Gasteiger partial charge in [0.15, 0.2) is 5.84 Å². The van der Waals surface area contributed by atoms with Crippen LogP contribution in [0.15, 0.2) is 60.0 Å². The van der Waals surface area contributed by atoms with Crippen LogP contribution in [0.1, 0.15) is 5.56 Å². The van der Waals surface area contributed by atoms with E-state index in [0.717, 1.165) is 17.1 Å². The fraction of sp³-hybridized carbons (Fsp3) is 0. The molecule has 0 atom stereocenters. The largest absolute Gasteiger partial charge is 0.409 e. The molecule has 4 rings (SSSR count). The van der Waals surface area contributed by atoms with Gasteiger partial charge in [0.1, 0.15) is 11.6 Å². The number of oxime groups is 1. The van der Waals surface area contributed by atoms with E-state index in [-0.39, 0.29) is 17.0 Å². The normalized spacial score (nSPS) is 11.9. The van der Waals surface area contributed by atoms with Gasteiger partial charge >= 0.3 is 0 Å². The van der Waals surface area contributed by atoms with Gasteiger partial charge in [0.05, 0.1) is 17.4 Å². The fourth-order valence-corrected chi connectivity index (χ4v) is 3.42. The molecular formula is C20H13ClF2N4O. The van der Waals surface area contributed by atoms with Gasteiger partial charge in [-0.3, -0.25) is 0 Å². The highest BCUT2D eigenvalue weighted by Crippen LogP contribution is 2.38. The van der Waals surface area contributed by atoms with Crippen LogP contribution in [0.2, 0.25) is 5.02 Å². The Balaban J connectivity index is 2.08. The molecule has 4 N–H and O–H groups in total. The van der Waals surface area contributed by atoms with Crippen molar-refractivity contribution in [2.75, 3.05) is 0 Å². The summed E-state index contributed by atoms with van der Waals surface area (Å²) in [5.41, 5.74) is 9.52. The Labute approximate surface area is 163 Å². The van der Waals surface area contributed by atoms with Crippen molar-refractivity contribution in [2.24, 2.45) is 10.9 Å². The summed E-state index contributed by atoms with van der Waals surface area (Å²) in [5.74, 6) is -1.72. The van der Waals surface area contributed by atoms with Gasteiger partial charge in [-0.25, -0.2) is 13.8 Å². The number of benzene rings is 3. The van der Waals surface area contributed by atoms with Crippen molar-refractivity contribution in [1.29, 1.82) is 0 Å². The van der Waals surface area contributed by atoms with Crippen LogP contribution in [0.3, 0.4) is 0 Å². The van der Waals surface area contributed by atoms with Crippen LogP contribution in [-0.4, -0.2) is 21.0 Å². The van der Waals surface area contributed by atoms with Gasteiger partial charge in [0, 0.05) is 22.2 Å². The first kappa shape index (κ1) is 17.9. The minimum atomic E-state index is -0.745. The van der Waals surface area contributed by atoms with Gasteiger partial charge in [-0.2, -0.15) is 0 Å². The van der Waals surface area contributed by atoms with E-state index in [0.29, 0.717) is 21.7 Å². The van der Waals surface area contributed by atoms with Gasteiger partial charge < -0.3 is 15.9 Å². The van der Waals surface area contributed by atoms with Gasteiger partial charge in [-0.05, 0) is 53.1 Å². The first-order chi connectivity index (χ1) is 13.5. The van der Waals surface area contributed by atoms with Gasteiger partial charge in [-0.15, -0.1) is 0 Å². The number of H-pyrrole nitrogens is 1. The van der Waals surface area contributed by atoms with Crippen LogP contribution in [0.25, 0.3) is 33.3 Å². The van der Waals surface area contributed by atoms with Gasteiger partial charge in [-0.1, -0.05) is 22.8 Å². The van der Waals surface area contributed by atoms with Crippen LogP contribution in [-0.2, 0) is 0 Å². The minimum Gasteiger partial charge on any atom is -0.409 e. The van der Waals surface area contributed by atoms with Gasteiger partial charge in [0.25, 0.3) is 0 Å². The summed E-state index contributed by atoms with van der Waals surface area (Å²) < 4.78 is 27.8. The van der Waals surface area contributed by atoms with Crippen molar-refractivity contribution in [3.63, 3.8) is 0 Å². The molecule has 0 fully saturated rings. The van der Waals surface area contributed by atoms with Crippen molar-refractivity contribution in [3.05, 3.63) is 77.1 Å². The molecule has 0 unspecified atom stereocenters. The number of nitrogens with two attached hydrogens (primary N) is 1. The summed E-state index contributed by atoms with van der Waals surface area (Å²) in [5, 5.41) is 12.6. The lowest BCUT2D eigenvalue weighted by Gasteiger charge is -2.16. The van der Waals surface area contributed by atoms with Crippen LogP contribution in [0, 0.1) is 11.6 Å². The Morgan fingerprint density at radius 3 is 2.50 bits per heavy atom. The third-order valence-electron chi connectivity index (χ3n) is 4.37. The smallest absolute Gasteiger partial charge is 0.170 e. The number of fused-ring (bicyclic) bond motifs is 1. The fourth-order valence-electron chi connectivity index (χ4n) is 3.20. The lowest BCUT2D eigenvalue weighted by Crippen LogP contribution is -2.15. The van der Waals surface area contributed by atoms with Crippen LogP contribution < -0.4 is 5.73 Å². The highest BCUT2D eigenvalue weighted by atomic mass is 35.5. The summed E-state index contributed by atoms with van der Waals surface area (Å²) >= 11 is 6.26. The maximum atomic E-state index is 13.9. The molecule has 0 spiro atoms. The SMILES string of the molecule is NC(=NO)c1cc(Cl)cc(-c2ccc3nc[nH]c3c2)c1-c1cc(F)cc(F)c1. The summed E-state index contributed by atoms with van der Waals surface area (Å²) in [6, 6.07) is 11.7. The second-order valence-electron chi connectivity index (χ2n) is 6.15. The molecule has 28 heavy (non-hydrogen) atoms. The number of rotatable bonds is 3. The quantitative estimate of drug-likeness (QED) is 0.198. The molecule has 1 aromatic heterocycles. The molecular weight excluding hydrogens is 386 g/mol. The van der Waals surface area contributed by atoms with Crippen LogP contribution in [0.4, 0.5) is 8.78 Å². The topological polar surface area (TPSA) is 87.3 Å². The molecule has 0 radical (unpaired) electrons. The highest BCUT2D eigenvalue weighted by molar-refractivity contribution is 6.31. The van der Waals surface area contributed by atoms with E-state index >= 15 is 0 Å². The zero-order chi connectivity index (χ0) is 19.8. The summed E-state index contributed by atoms with van der Waals surface area (Å²) in [7, 11) is 0. The second kappa shape index (κ2) is 6.94. The summed E-state index contributed by atoms with van der Waals surface area (Å²) in [4.78, 5) is 7.20. The Bertz CT molecular complexity index is 1220. The van der Waals surface area contributed by atoms with E-state index in [2.05, 4.69) is 15.1 Å². The van der Waals surface area contributed by atoms with Crippen LogP contribution in [0.5, 0.6) is 0 Å². The zero-order valence-electron chi connectivity index (χ0n) is 14.2. The Morgan fingerprint density at radius 1 is 1.04 bits per heavy atom. The predicted octanol–water partition coefficient (Wildman–Crippen LogP) is 4.92. The second-order valence-corrected chi connectivity index (χ2v) is 6.59. The molecule has 140 valence electrons. The standard InChI is InChI=1S/C20H13ClF2N4O/c21-12-6-15(10-1-2-17-18(5-10)26-9-25-17)19(16(7-12)20(24)27-28)11-3-13(22)8-14(23)4-11/h1-9,28H,(H2,24,27)(H,25,26). The van der Waals surface area contributed by atoms with Crippen LogP contribution >= 0.6 is 11.6 Å². The lowest BCUT2D eigenvalue weighted by atomic mass is 9.89. The van der Waals surface area contributed by atoms with Crippen molar-refractivity contribution in [2.45, 2.75) is 0 Å². The maximum Gasteiger partial charge on any atom is 0.170 e. The zero-order valence-corrected chi connectivity index (χ0v) is 15.0. The molecule has 3 aromatic carbocycles. The van der Waals surface area contributed by atoms with E-state index < -0.39 is 11.6 Å². The molecule has 0 bridgehead atoms. The number of aromatic amines is 1. The van der Waals surface area contributed by atoms with Crippen molar-refractivity contribution < 1.29 is 14.0 Å². The third kappa shape index (κ3) is 3.16. The molecule has 0 saturated heterocycles. The van der Waals surface area contributed by atoms with E-state index in [4.69, 9.17) is 17.3 Å². The number of amidine groups is 1. The molecule has 0 aliphatic rings. The van der Waals surface area contributed by atoms with E-state index in [1.807, 2.05) is 12.1 Å². The Kier molecular flexibility index (Phi) is 4.44. The number of hydrogen-bond acceptors (Lipinski definition) is 3. The number of hydrogen-bond donors (Lipinski definition) is 3. The van der Waals surface area contributed by atoms with Crippen molar-refractivity contribution in [3.8, 4) is 22.3 Å². The van der Waals surface area contributed by atoms with E-state index in [1.165, 1.54) is 18.2 Å². The van der Waals surface area contributed by atoms with Crippen molar-refractivity contribution in [1.82, 2.24) is 9.97 Å². The summed E-state index contributed by atoms with van der Waals surface area (Å²) in [6.07, 6.45) is 1.57. The van der Waals surface area contributed by atoms with E-state index in [9.17, 15) is 14.0 Å². The molecule has 4 aromatic rings. The first-order valence-electron chi connectivity index (χ1n) is 8.17. The predicted molar refractivity (Wildman–Crippen MR) is 104 cm³/mol. The number of imidazole rings is 1. The Morgan fingerprint density at radius 2 is 1.79 bits per heavy atom. The number of aromatic nitrogens is 2. The Hall–Kier alpha value is -3.45. The third-order valence-corrected chi connectivity index (χ3v) is 4.59. The van der Waals surface area contributed by atoms with Gasteiger partial charge in [0.2, 0.25) is 0 Å². The molecule has 5 nitrogen and oxygen atoms in total. The maximum absolute atomic E-state index is 13.9. The molecule has 0 amide bonds. The van der Waals surface area contributed by atoms with Crippen molar-refractivity contribution >= 4 is 28.5 Å². The molecule has 0 saturated carbocycles. The molecule has 1 heterocycles. The molecule has 0 aliphatic carbocycles. The average Bonchev–Trinajstić information content (AvgIpc) is 3.13. The molecule has 8 heteroatoms. The number of nitrogens with zero attached hydrogens (tertiary/aromatic N) is 2. The van der Waals surface area contributed by atoms with E-state index in [1.54, 1.807) is 18.5 Å². The highest BCUT2D eigenvalue weighted by Gasteiger charge is 2.19. The molecule has 0 aliphatic heterocycles. The first-order valence-corrected chi connectivity index (χ1v) is 8.55. The monoisotopic (exact) mass is 398 g/mol. The minimum absolute atomic E-state index is 0.231.